The van der Waals surface area contributed by atoms with Crippen LogP contribution in [-0.4, -0.2) is 31.5 Å². The molecule has 15 heteroatoms. The molecular formula is C30H22F5N3O5S2. The third kappa shape index (κ3) is 6.79. The molecule has 1 amide bonds. The number of ether oxygens (including phenoxy) is 2. The summed E-state index contributed by atoms with van der Waals surface area (Å²) in [5, 5.41) is 9.12. The van der Waals surface area contributed by atoms with Crippen molar-refractivity contribution in [2.75, 3.05) is 7.11 Å². The van der Waals surface area contributed by atoms with Gasteiger partial charge in [0.05, 0.1) is 23.1 Å². The minimum Gasteiger partial charge on any atom is -0.492 e. The maximum Gasteiger partial charge on any atom is 0.417 e. The van der Waals surface area contributed by atoms with Crippen molar-refractivity contribution in [3.63, 3.8) is 0 Å². The first-order valence-electron chi connectivity index (χ1n) is 12.9. The summed E-state index contributed by atoms with van der Waals surface area (Å²) >= 11 is 0.954. The molecule has 4 aromatic rings. The van der Waals surface area contributed by atoms with E-state index in [1.807, 2.05) is 0 Å². The number of carbonyl (C=O) groups is 1. The summed E-state index contributed by atoms with van der Waals surface area (Å²) in [7, 11) is -2.58. The highest BCUT2D eigenvalue weighted by Gasteiger charge is 2.42. The van der Waals surface area contributed by atoms with E-state index in [0.717, 1.165) is 41.0 Å². The zero-order valence-corrected chi connectivity index (χ0v) is 24.7. The quantitative estimate of drug-likeness (QED) is 0.217. The maximum absolute atomic E-state index is 14.9. The van der Waals surface area contributed by atoms with Gasteiger partial charge in [-0.3, -0.25) is 4.79 Å². The van der Waals surface area contributed by atoms with Crippen LogP contribution in [0, 0.1) is 11.6 Å². The van der Waals surface area contributed by atoms with Crippen molar-refractivity contribution in [2.24, 2.45) is 10.2 Å². The van der Waals surface area contributed by atoms with Gasteiger partial charge in [-0.1, -0.05) is 42.1 Å². The molecule has 0 saturated heterocycles. The van der Waals surface area contributed by atoms with Gasteiger partial charge < -0.3 is 9.47 Å². The summed E-state index contributed by atoms with van der Waals surface area (Å²) in [5.74, 6) is -3.01. The molecule has 1 aliphatic heterocycles. The molecule has 8 nitrogen and oxygen atoms in total. The highest BCUT2D eigenvalue weighted by atomic mass is 32.2. The number of nitrogens with two attached hydrogens (primary N) is 1. The van der Waals surface area contributed by atoms with Crippen molar-refractivity contribution in [1.82, 2.24) is 5.01 Å². The van der Waals surface area contributed by atoms with Crippen LogP contribution >= 0.6 is 11.8 Å². The standard InChI is InChI=1S/C30H22F5N3O5S2/c1-42-26-21(4-2-7-24(26)43-16-17-8-14-20(15-9-17)45(36,40)41)29-38(37-27(44-29)18-10-12-19(31)13-11-18)28(39)25-22(30(33,34)35)5-3-6-23(25)32/h2-15,29H,16H2,1H3,(H2,36,40,41). The number of alkyl halides is 3. The molecule has 0 saturated carbocycles. The third-order valence-corrected chi connectivity index (χ3v) is 8.75. The second-order valence-corrected chi connectivity index (χ2v) is 12.2. The maximum atomic E-state index is 14.9. The zero-order valence-electron chi connectivity index (χ0n) is 23.1. The van der Waals surface area contributed by atoms with E-state index >= 15 is 0 Å². The molecule has 45 heavy (non-hydrogen) atoms. The molecule has 1 unspecified atom stereocenters. The second-order valence-electron chi connectivity index (χ2n) is 9.55. The van der Waals surface area contributed by atoms with Gasteiger partial charge in [0, 0.05) is 11.1 Å². The van der Waals surface area contributed by atoms with Crippen molar-refractivity contribution < 1.29 is 44.6 Å². The highest BCUT2D eigenvalue weighted by molar-refractivity contribution is 8.14. The number of halogens is 5. The van der Waals surface area contributed by atoms with E-state index < -0.39 is 50.2 Å². The summed E-state index contributed by atoms with van der Waals surface area (Å²) in [6, 6.07) is 17.5. The number of rotatable bonds is 8. The number of carbonyl (C=O) groups excluding carboxylic acids is 1. The number of primary sulfonamides is 1. The van der Waals surface area contributed by atoms with E-state index in [4.69, 9.17) is 14.6 Å². The van der Waals surface area contributed by atoms with Crippen LogP contribution in [0.25, 0.3) is 0 Å². The number of hydrazone groups is 1. The smallest absolute Gasteiger partial charge is 0.417 e. The third-order valence-electron chi connectivity index (χ3n) is 6.60. The number of methoxy groups -OCH3 is 1. The van der Waals surface area contributed by atoms with Gasteiger partial charge in [-0.2, -0.15) is 18.3 Å². The monoisotopic (exact) mass is 663 g/mol. The van der Waals surface area contributed by atoms with Crippen molar-refractivity contribution in [3.8, 4) is 11.5 Å². The number of sulfonamides is 1. The lowest BCUT2D eigenvalue weighted by atomic mass is 10.0. The fourth-order valence-electron chi connectivity index (χ4n) is 4.48. The molecule has 0 aliphatic carbocycles. The van der Waals surface area contributed by atoms with Crippen LogP contribution in [0.15, 0.2) is 94.9 Å². The minimum atomic E-state index is -5.04. The van der Waals surface area contributed by atoms with Gasteiger partial charge in [0.15, 0.2) is 11.5 Å². The van der Waals surface area contributed by atoms with Gasteiger partial charge in [0.1, 0.15) is 28.7 Å². The Morgan fingerprint density at radius 2 is 1.64 bits per heavy atom. The summed E-state index contributed by atoms with van der Waals surface area (Å²) in [5.41, 5.74) is -1.50. The molecule has 234 valence electrons. The van der Waals surface area contributed by atoms with E-state index in [1.165, 1.54) is 43.5 Å². The molecule has 0 radical (unpaired) electrons. The Bertz CT molecular complexity index is 1880. The van der Waals surface area contributed by atoms with Crippen LogP contribution in [0.4, 0.5) is 22.0 Å². The van der Waals surface area contributed by atoms with Crippen molar-refractivity contribution in [2.45, 2.75) is 23.1 Å². The lowest BCUT2D eigenvalue weighted by Gasteiger charge is -2.25. The van der Waals surface area contributed by atoms with E-state index in [0.29, 0.717) is 17.2 Å². The number of hydrogen-bond donors (Lipinski definition) is 1. The molecule has 2 N–H and O–H groups in total. The Morgan fingerprint density at radius 3 is 2.27 bits per heavy atom. The fraction of sp³-hybridized carbons (Fsp3) is 0.133. The van der Waals surface area contributed by atoms with Gasteiger partial charge in [-0.25, -0.2) is 27.3 Å². The van der Waals surface area contributed by atoms with Crippen LogP contribution in [0.5, 0.6) is 11.5 Å². The largest absolute Gasteiger partial charge is 0.492 e. The Labute approximate surface area is 258 Å². The molecular weight excluding hydrogens is 641 g/mol. The minimum absolute atomic E-state index is 0.0489. The first kappa shape index (κ1) is 31.9. The normalized spacial score (nSPS) is 15.1. The first-order valence-corrected chi connectivity index (χ1v) is 15.3. The summed E-state index contributed by atoms with van der Waals surface area (Å²) in [4.78, 5) is 13.6. The summed E-state index contributed by atoms with van der Waals surface area (Å²) in [6.07, 6.45) is -5.04. The van der Waals surface area contributed by atoms with Crippen LogP contribution < -0.4 is 14.6 Å². The molecule has 1 aliphatic rings. The highest BCUT2D eigenvalue weighted by Crippen LogP contribution is 2.48. The molecule has 1 heterocycles. The summed E-state index contributed by atoms with van der Waals surface area (Å²) < 4.78 is 105. The van der Waals surface area contributed by atoms with Gasteiger partial charge in [-0.15, -0.1) is 0 Å². The van der Waals surface area contributed by atoms with Crippen molar-refractivity contribution in [1.29, 1.82) is 0 Å². The van der Waals surface area contributed by atoms with Crippen LogP contribution in [0.2, 0.25) is 0 Å². The fourth-order valence-corrected chi connectivity index (χ4v) is 6.17. The van der Waals surface area contributed by atoms with Gasteiger partial charge in [-0.05, 0) is 60.2 Å². The van der Waals surface area contributed by atoms with Crippen molar-refractivity contribution in [3.05, 3.63) is 124 Å². The second kappa shape index (κ2) is 12.5. The lowest BCUT2D eigenvalue weighted by Crippen LogP contribution is -2.29. The van der Waals surface area contributed by atoms with E-state index in [2.05, 4.69) is 5.10 Å². The molecule has 0 spiro atoms. The predicted octanol–water partition coefficient (Wildman–Crippen LogP) is 6.47. The summed E-state index contributed by atoms with van der Waals surface area (Å²) in [6.45, 7) is -0.0489. The topological polar surface area (TPSA) is 111 Å². The van der Waals surface area contributed by atoms with Crippen LogP contribution in [0.1, 0.15) is 38.0 Å². The molecule has 0 fully saturated rings. The van der Waals surface area contributed by atoms with Crippen molar-refractivity contribution >= 4 is 32.7 Å². The molecule has 1 atom stereocenters. The Hall–Kier alpha value is -4.47. The number of benzene rings is 4. The zero-order chi connectivity index (χ0) is 32.5. The number of hydrogen-bond acceptors (Lipinski definition) is 7. The lowest BCUT2D eigenvalue weighted by molar-refractivity contribution is -0.138. The average Bonchev–Trinajstić information content (AvgIpc) is 3.44. The van der Waals surface area contributed by atoms with Gasteiger partial charge in [0.2, 0.25) is 10.0 Å². The number of thioether (sulfide) groups is 1. The SMILES string of the molecule is COc1c(OCc2ccc(S(N)(=O)=O)cc2)cccc1C1SC(c2ccc(F)cc2)=NN1C(=O)c1c(F)cccc1C(F)(F)F. The molecule has 5 rings (SSSR count). The van der Waals surface area contributed by atoms with E-state index in [-0.39, 0.29) is 33.6 Å². The van der Waals surface area contributed by atoms with E-state index in [1.54, 1.807) is 18.2 Å². The van der Waals surface area contributed by atoms with Crippen LogP contribution in [0.3, 0.4) is 0 Å². The molecule has 4 aromatic carbocycles. The van der Waals surface area contributed by atoms with Gasteiger partial charge in [0.25, 0.3) is 5.91 Å². The average molecular weight is 664 g/mol. The number of nitrogens with zero attached hydrogens (tertiary/aromatic N) is 2. The van der Waals surface area contributed by atoms with E-state index in [9.17, 15) is 35.2 Å². The number of amides is 1. The Balaban J connectivity index is 1.54. The Morgan fingerprint density at radius 1 is 0.978 bits per heavy atom. The number of para-hydroxylation sites is 1. The van der Waals surface area contributed by atoms with Gasteiger partial charge >= 0.3 is 6.18 Å². The van der Waals surface area contributed by atoms with Crippen LogP contribution in [-0.2, 0) is 22.8 Å². The first-order chi connectivity index (χ1) is 21.3. The molecule has 0 aromatic heterocycles. The Kier molecular flexibility index (Phi) is 8.87. The molecule has 0 bridgehead atoms. The predicted molar refractivity (Wildman–Crippen MR) is 156 cm³/mol.